The van der Waals surface area contributed by atoms with Gasteiger partial charge in [-0.05, 0) is 30.7 Å². The van der Waals surface area contributed by atoms with Crippen molar-refractivity contribution < 1.29 is 19.0 Å². The lowest BCUT2D eigenvalue weighted by atomic mass is 10.0. The van der Waals surface area contributed by atoms with E-state index in [4.69, 9.17) is 4.74 Å². The minimum atomic E-state index is -0.677. The molecule has 1 aromatic carbocycles. The van der Waals surface area contributed by atoms with Gasteiger partial charge in [-0.25, -0.2) is 4.39 Å². The number of aliphatic hydroxyl groups excluding tert-OH is 1. The van der Waals surface area contributed by atoms with Gasteiger partial charge in [0.15, 0.2) is 5.78 Å². The summed E-state index contributed by atoms with van der Waals surface area (Å²) in [5.41, 5.74) is 0.812. The van der Waals surface area contributed by atoms with Gasteiger partial charge in [-0.3, -0.25) is 9.59 Å². The Hall–Kier alpha value is -1.83. The van der Waals surface area contributed by atoms with E-state index < -0.39 is 11.9 Å². The molecule has 0 amide bonds. The topological polar surface area (TPSA) is 68.5 Å². The number of rotatable bonds is 7. The molecule has 134 valence electrons. The number of nitrogens with zero attached hydrogens (tertiary/aromatic N) is 1. The van der Waals surface area contributed by atoms with E-state index in [-0.39, 0.29) is 31.0 Å². The van der Waals surface area contributed by atoms with Crippen LogP contribution in [0, 0.1) is 5.82 Å². The number of ether oxygens (including phenoxy) is 1. The van der Waals surface area contributed by atoms with Crippen LogP contribution in [0.15, 0.2) is 39.6 Å². The van der Waals surface area contributed by atoms with Crippen LogP contribution >= 0.6 is 15.9 Å². The molecule has 0 radical (unpaired) electrons. The highest BCUT2D eigenvalue weighted by Crippen LogP contribution is 2.20. The van der Waals surface area contributed by atoms with Gasteiger partial charge in [0.1, 0.15) is 12.4 Å². The number of Topliss-reactive ketones (excluding diaryl/α,β-unsaturated/α-hetero) is 1. The van der Waals surface area contributed by atoms with Crippen LogP contribution in [0.3, 0.4) is 0 Å². The molecule has 1 N–H and O–H groups in total. The largest absolute Gasteiger partial charge is 0.391 e. The highest BCUT2D eigenvalue weighted by molar-refractivity contribution is 9.10. The molecule has 0 fully saturated rings. The molecule has 0 aliphatic heterocycles. The summed E-state index contributed by atoms with van der Waals surface area (Å²) in [5.74, 6) is -0.752. The van der Waals surface area contributed by atoms with Crippen LogP contribution < -0.4 is 5.56 Å². The summed E-state index contributed by atoms with van der Waals surface area (Å²) in [5, 5.41) is 9.19. The Kier molecular flexibility index (Phi) is 6.64. The molecule has 7 heteroatoms. The molecule has 0 unspecified atom stereocenters. The molecular weight excluding hydrogens is 393 g/mol. The molecule has 0 spiro atoms. The van der Waals surface area contributed by atoms with Gasteiger partial charge >= 0.3 is 0 Å². The Labute approximate surface area is 153 Å². The number of halogens is 2. The fraction of sp³-hybridized carbons (Fsp3) is 0.333. The van der Waals surface area contributed by atoms with Crippen LogP contribution in [0.4, 0.5) is 4.39 Å². The number of aromatic nitrogens is 1. The van der Waals surface area contributed by atoms with Crippen LogP contribution in [0.5, 0.6) is 0 Å². The van der Waals surface area contributed by atoms with Gasteiger partial charge in [0.25, 0.3) is 5.56 Å². The van der Waals surface area contributed by atoms with E-state index in [1.54, 1.807) is 26.1 Å². The molecular formula is C18H19BrFNO4. The first-order valence-electron chi connectivity index (χ1n) is 7.71. The van der Waals surface area contributed by atoms with E-state index in [2.05, 4.69) is 15.9 Å². The zero-order chi connectivity index (χ0) is 18.6. The molecule has 0 bridgehead atoms. The first-order valence-corrected chi connectivity index (χ1v) is 8.50. The predicted octanol–water partition coefficient (Wildman–Crippen LogP) is 2.46. The molecule has 25 heavy (non-hydrogen) atoms. The van der Waals surface area contributed by atoms with Gasteiger partial charge in [0.05, 0.1) is 12.7 Å². The molecule has 0 aliphatic rings. The smallest absolute Gasteiger partial charge is 0.250 e. The lowest BCUT2D eigenvalue weighted by molar-refractivity contribution is 0.0424. The Bertz CT molecular complexity index is 832. The van der Waals surface area contributed by atoms with Crippen molar-refractivity contribution in [3.63, 3.8) is 0 Å². The van der Waals surface area contributed by atoms with Crippen LogP contribution in [-0.4, -0.2) is 34.8 Å². The third-order valence-electron chi connectivity index (χ3n) is 3.70. The Balaban J connectivity index is 2.34. The van der Waals surface area contributed by atoms with Gasteiger partial charge in [-0.15, -0.1) is 0 Å². The van der Waals surface area contributed by atoms with E-state index in [1.807, 2.05) is 0 Å². The fourth-order valence-electron chi connectivity index (χ4n) is 2.39. The van der Waals surface area contributed by atoms with Gasteiger partial charge in [0.2, 0.25) is 0 Å². The van der Waals surface area contributed by atoms with E-state index in [9.17, 15) is 19.1 Å². The minimum Gasteiger partial charge on any atom is -0.391 e. The van der Waals surface area contributed by atoms with Gasteiger partial charge in [-0.1, -0.05) is 22.0 Å². The summed E-state index contributed by atoms with van der Waals surface area (Å²) >= 11 is 3.20. The van der Waals surface area contributed by atoms with Crippen LogP contribution in [0.25, 0.3) is 0 Å². The number of carbonyl (C=O) groups excluding carboxylic acids is 1. The quantitative estimate of drug-likeness (QED) is 0.710. The fourth-order valence-corrected chi connectivity index (χ4v) is 2.72. The van der Waals surface area contributed by atoms with Crippen LogP contribution in [-0.2, 0) is 18.2 Å². The summed E-state index contributed by atoms with van der Waals surface area (Å²) in [4.78, 5) is 24.3. The Morgan fingerprint density at radius 3 is 2.72 bits per heavy atom. The van der Waals surface area contributed by atoms with Crippen molar-refractivity contribution in [1.82, 2.24) is 4.57 Å². The summed E-state index contributed by atoms with van der Waals surface area (Å²) in [7, 11) is 1.54. The molecule has 1 atom stereocenters. The van der Waals surface area contributed by atoms with E-state index in [0.717, 1.165) is 0 Å². The van der Waals surface area contributed by atoms with Crippen molar-refractivity contribution in [3.8, 4) is 0 Å². The maximum absolute atomic E-state index is 14.1. The average molecular weight is 412 g/mol. The predicted molar refractivity (Wildman–Crippen MR) is 95.4 cm³/mol. The molecule has 2 aromatic rings. The lowest BCUT2D eigenvalue weighted by Gasteiger charge is -2.14. The zero-order valence-electron chi connectivity index (χ0n) is 14.0. The molecule has 5 nitrogen and oxygen atoms in total. The number of benzene rings is 1. The Morgan fingerprint density at radius 1 is 1.36 bits per heavy atom. The number of carbonyl (C=O) groups is 1. The maximum Gasteiger partial charge on any atom is 0.250 e. The van der Waals surface area contributed by atoms with Crippen molar-refractivity contribution in [2.75, 3.05) is 13.2 Å². The lowest BCUT2D eigenvalue weighted by Crippen LogP contribution is -2.25. The van der Waals surface area contributed by atoms with Gasteiger partial charge < -0.3 is 14.4 Å². The maximum atomic E-state index is 14.1. The van der Waals surface area contributed by atoms with Crippen molar-refractivity contribution in [1.29, 1.82) is 0 Å². The van der Waals surface area contributed by atoms with Crippen molar-refractivity contribution in [2.45, 2.75) is 19.4 Å². The second kappa shape index (κ2) is 8.51. The van der Waals surface area contributed by atoms with Crippen molar-refractivity contribution >= 4 is 21.7 Å². The van der Waals surface area contributed by atoms with E-state index in [0.29, 0.717) is 21.3 Å². The number of hydrogen-bond donors (Lipinski definition) is 1. The summed E-state index contributed by atoms with van der Waals surface area (Å²) in [6.07, 6.45) is -0.576. The third kappa shape index (κ3) is 5.07. The van der Waals surface area contributed by atoms with E-state index >= 15 is 0 Å². The standard InChI is InChI=1S/C18H19BrFNO4/c1-11(22)9-25-10-17(23)14-5-6-18(24)21(2)16(14)7-12-3-4-13(19)8-15(12)20/h3-6,8,11,22H,7,9-10H2,1-2H3/t11-/m0/s1. The second-order valence-corrected chi connectivity index (χ2v) is 6.71. The van der Waals surface area contributed by atoms with Crippen LogP contribution in [0.1, 0.15) is 28.5 Å². The summed E-state index contributed by atoms with van der Waals surface area (Å²) in [6.45, 7) is 1.37. The molecule has 0 saturated heterocycles. The minimum absolute atomic E-state index is 0.0359. The molecule has 1 aromatic heterocycles. The number of ketones is 1. The average Bonchev–Trinajstić information content (AvgIpc) is 2.53. The highest BCUT2D eigenvalue weighted by Gasteiger charge is 2.17. The molecule has 0 aliphatic carbocycles. The SMILES string of the molecule is C[C@H](O)COCC(=O)c1ccc(=O)n(C)c1Cc1ccc(Br)cc1F. The summed E-state index contributed by atoms with van der Waals surface area (Å²) < 4.78 is 21.2. The summed E-state index contributed by atoms with van der Waals surface area (Å²) in [6, 6.07) is 7.37. The highest BCUT2D eigenvalue weighted by atomic mass is 79.9. The number of aliphatic hydroxyl groups is 1. The third-order valence-corrected chi connectivity index (χ3v) is 4.20. The Morgan fingerprint density at radius 2 is 2.08 bits per heavy atom. The number of pyridine rings is 1. The first-order chi connectivity index (χ1) is 11.8. The monoisotopic (exact) mass is 411 g/mol. The van der Waals surface area contributed by atoms with Crippen LogP contribution in [0.2, 0.25) is 0 Å². The van der Waals surface area contributed by atoms with Gasteiger partial charge in [0, 0.05) is 35.3 Å². The molecule has 2 rings (SSSR count). The normalized spacial score (nSPS) is 12.2. The van der Waals surface area contributed by atoms with E-state index in [1.165, 1.54) is 22.8 Å². The van der Waals surface area contributed by atoms with Gasteiger partial charge in [-0.2, -0.15) is 0 Å². The number of hydrogen-bond acceptors (Lipinski definition) is 4. The second-order valence-electron chi connectivity index (χ2n) is 5.79. The molecule has 1 heterocycles. The molecule has 0 saturated carbocycles. The first kappa shape index (κ1) is 19.5. The van der Waals surface area contributed by atoms with Crippen molar-refractivity contribution in [2.24, 2.45) is 7.05 Å². The van der Waals surface area contributed by atoms with Crippen molar-refractivity contribution in [3.05, 3.63) is 67.8 Å². The zero-order valence-corrected chi connectivity index (χ0v) is 15.5.